The summed E-state index contributed by atoms with van der Waals surface area (Å²) in [5.74, 6) is 6.62. The Morgan fingerprint density at radius 2 is 1.74 bits per heavy atom. The van der Waals surface area contributed by atoms with Gasteiger partial charge in [-0.2, -0.15) is 0 Å². The van der Waals surface area contributed by atoms with E-state index in [0.717, 1.165) is 27.9 Å². The van der Waals surface area contributed by atoms with Crippen LogP contribution >= 0.6 is 11.8 Å². The van der Waals surface area contributed by atoms with Crippen molar-refractivity contribution in [2.45, 2.75) is 38.1 Å². The van der Waals surface area contributed by atoms with E-state index < -0.39 is 0 Å². The van der Waals surface area contributed by atoms with Gasteiger partial charge in [-0.05, 0) is 39.3 Å². The second kappa shape index (κ2) is 7.84. The molecular weight excluding hydrogens is 358 g/mol. The van der Waals surface area contributed by atoms with Crippen molar-refractivity contribution in [3.8, 4) is 11.4 Å². The molecule has 0 bridgehead atoms. The number of thioether (sulfide) groups is 1. The number of hydrogen-bond donors (Lipinski definition) is 2. The second-order valence-electron chi connectivity index (χ2n) is 6.61. The first-order chi connectivity index (χ1) is 12.8. The van der Waals surface area contributed by atoms with Crippen LogP contribution in [0.25, 0.3) is 11.4 Å². The maximum atomic E-state index is 12.5. The number of nitrogen functional groups attached to an aromatic ring is 1. The molecule has 1 atom stereocenters. The molecule has 0 aliphatic heterocycles. The highest BCUT2D eigenvalue weighted by molar-refractivity contribution is 8.00. The Hall–Kier alpha value is -2.80. The van der Waals surface area contributed by atoms with E-state index in [-0.39, 0.29) is 11.2 Å². The minimum atomic E-state index is -0.372. The van der Waals surface area contributed by atoms with Crippen LogP contribution < -0.4 is 11.2 Å². The third kappa shape index (κ3) is 4.31. The molecule has 0 aliphatic rings. The van der Waals surface area contributed by atoms with Crippen LogP contribution in [-0.2, 0) is 4.79 Å². The molecule has 3 rings (SSSR count). The predicted molar refractivity (Wildman–Crippen MR) is 110 cm³/mol. The Morgan fingerprint density at radius 1 is 1.07 bits per heavy atom. The maximum absolute atomic E-state index is 12.5. The van der Waals surface area contributed by atoms with Crippen molar-refractivity contribution in [3.63, 3.8) is 0 Å². The number of rotatable bonds is 5. The Kier molecular flexibility index (Phi) is 5.51. The lowest BCUT2D eigenvalue weighted by Gasteiger charge is -2.13. The number of nitrogens with zero attached hydrogens (tertiary/aromatic N) is 3. The summed E-state index contributed by atoms with van der Waals surface area (Å²) in [6.45, 7) is 7.85. The van der Waals surface area contributed by atoms with E-state index >= 15 is 0 Å². The predicted octanol–water partition coefficient (Wildman–Crippen LogP) is 3.70. The average molecular weight is 382 g/mol. The highest BCUT2D eigenvalue weighted by Crippen LogP contribution is 2.26. The van der Waals surface area contributed by atoms with Gasteiger partial charge < -0.3 is 11.2 Å². The summed E-state index contributed by atoms with van der Waals surface area (Å²) in [4.78, 5) is 12.5. The lowest BCUT2D eigenvalue weighted by atomic mass is 10.1. The Balaban J connectivity index is 1.71. The van der Waals surface area contributed by atoms with Crippen LogP contribution in [0.5, 0.6) is 0 Å². The standard InChI is InChI=1S/C20H23N5OS/c1-12-5-8-16(9-6-12)18-23-24-20(25(18)21)27-15(4)19(26)22-17-10-7-13(2)11-14(17)3/h5-11,15H,21H2,1-4H3,(H,22,26). The van der Waals surface area contributed by atoms with Crippen molar-refractivity contribution in [2.75, 3.05) is 11.2 Å². The molecule has 140 valence electrons. The van der Waals surface area contributed by atoms with E-state index in [9.17, 15) is 4.79 Å². The van der Waals surface area contributed by atoms with Crippen LogP contribution in [0.15, 0.2) is 47.6 Å². The van der Waals surface area contributed by atoms with Gasteiger partial charge in [-0.15, -0.1) is 10.2 Å². The van der Waals surface area contributed by atoms with Gasteiger partial charge in [0, 0.05) is 11.3 Å². The van der Waals surface area contributed by atoms with E-state index in [2.05, 4.69) is 15.5 Å². The summed E-state index contributed by atoms with van der Waals surface area (Å²) in [6, 6.07) is 13.8. The van der Waals surface area contributed by atoms with Gasteiger partial charge in [-0.3, -0.25) is 4.79 Å². The van der Waals surface area contributed by atoms with Crippen molar-refractivity contribution < 1.29 is 4.79 Å². The minimum Gasteiger partial charge on any atom is -0.335 e. The first-order valence-corrected chi connectivity index (χ1v) is 9.55. The molecule has 0 spiro atoms. The van der Waals surface area contributed by atoms with Gasteiger partial charge in [0.15, 0.2) is 5.82 Å². The van der Waals surface area contributed by atoms with E-state index in [0.29, 0.717) is 11.0 Å². The number of carbonyl (C=O) groups is 1. The molecular formula is C20H23N5OS. The summed E-state index contributed by atoms with van der Waals surface area (Å²) >= 11 is 1.28. The molecule has 0 saturated heterocycles. The number of amides is 1. The van der Waals surface area contributed by atoms with Crippen molar-refractivity contribution in [1.29, 1.82) is 0 Å². The van der Waals surface area contributed by atoms with Gasteiger partial charge in [0.1, 0.15) is 0 Å². The Bertz CT molecular complexity index is 965. The SMILES string of the molecule is Cc1ccc(-c2nnc(SC(C)C(=O)Nc3ccc(C)cc3C)n2N)cc1. The van der Waals surface area contributed by atoms with Crippen LogP contribution in [0.4, 0.5) is 5.69 Å². The molecule has 6 nitrogen and oxygen atoms in total. The molecule has 2 aromatic carbocycles. The van der Waals surface area contributed by atoms with Gasteiger partial charge >= 0.3 is 0 Å². The zero-order valence-corrected chi connectivity index (χ0v) is 16.7. The first kappa shape index (κ1) is 19.0. The van der Waals surface area contributed by atoms with Crippen LogP contribution in [0.3, 0.4) is 0 Å². The maximum Gasteiger partial charge on any atom is 0.237 e. The number of hydrogen-bond acceptors (Lipinski definition) is 5. The van der Waals surface area contributed by atoms with E-state index in [1.165, 1.54) is 16.4 Å². The molecule has 0 saturated carbocycles. The van der Waals surface area contributed by atoms with E-state index in [4.69, 9.17) is 5.84 Å². The molecule has 1 amide bonds. The van der Waals surface area contributed by atoms with Gasteiger partial charge in [0.05, 0.1) is 5.25 Å². The molecule has 3 N–H and O–H groups in total. The van der Waals surface area contributed by atoms with Crippen molar-refractivity contribution in [1.82, 2.24) is 14.9 Å². The fraction of sp³-hybridized carbons (Fsp3) is 0.250. The molecule has 1 aromatic heterocycles. The summed E-state index contributed by atoms with van der Waals surface area (Å²) in [5.41, 5.74) is 5.05. The van der Waals surface area contributed by atoms with Crippen molar-refractivity contribution in [3.05, 3.63) is 59.2 Å². The number of nitrogens with two attached hydrogens (primary N) is 1. The van der Waals surface area contributed by atoms with Crippen LogP contribution in [-0.4, -0.2) is 26.0 Å². The normalized spacial score (nSPS) is 12.0. The van der Waals surface area contributed by atoms with Crippen LogP contribution in [0.2, 0.25) is 0 Å². The van der Waals surface area contributed by atoms with Gasteiger partial charge in [0.25, 0.3) is 0 Å². The number of aromatic nitrogens is 3. The zero-order valence-electron chi connectivity index (χ0n) is 15.9. The molecule has 7 heteroatoms. The monoisotopic (exact) mass is 381 g/mol. The lowest BCUT2D eigenvalue weighted by molar-refractivity contribution is -0.115. The Labute approximate surface area is 163 Å². The molecule has 1 heterocycles. The molecule has 1 unspecified atom stereocenters. The first-order valence-electron chi connectivity index (χ1n) is 8.67. The molecule has 0 radical (unpaired) electrons. The number of nitrogens with one attached hydrogen (secondary N) is 1. The third-order valence-corrected chi connectivity index (χ3v) is 5.32. The second-order valence-corrected chi connectivity index (χ2v) is 7.92. The van der Waals surface area contributed by atoms with Crippen LogP contribution in [0.1, 0.15) is 23.6 Å². The molecule has 0 aliphatic carbocycles. The van der Waals surface area contributed by atoms with Gasteiger partial charge in [0.2, 0.25) is 11.1 Å². The minimum absolute atomic E-state index is 0.105. The number of anilines is 1. The van der Waals surface area contributed by atoms with Crippen molar-refractivity contribution in [2.24, 2.45) is 0 Å². The largest absolute Gasteiger partial charge is 0.335 e. The molecule has 0 fully saturated rings. The lowest BCUT2D eigenvalue weighted by Crippen LogP contribution is -2.24. The van der Waals surface area contributed by atoms with Gasteiger partial charge in [-0.25, -0.2) is 4.68 Å². The number of carbonyl (C=O) groups excluding carboxylic acids is 1. The highest BCUT2D eigenvalue weighted by atomic mass is 32.2. The Morgan fingerprint density at radius 3 is 2.41 bits per heavy atom. The number of aryl methyl sites for hydroxylation is 3. The summed E-state index contributed by atoms with van der Waals surface area (Å²) in [7, 11) is 0. The molecule has 27 heavy (non-hydrogen) atoms. The van der Waals surface area contributed by atoms with Crippen molar-refractivity contribution >= 4 is 23.4 Å². The topological polar surface area (TPSA) is 85.8 Å². The third-order valence-electron chi connectivity index (χ3n) is 4.27. The van der Waals surface area contributed by atoms with Gasteiger partial charge in [-0.1, -0.05) is 59.3 Å². The quantitative estimate of drug-likeness (QED) is 0.520. The smallest absolute Gasteiger partial charge is 0.237 e. The average Bonchev–Trinajstić information content (AvgIpc) is 2.98. The zero-order chi connectivity index (χ0) is 19.6. The molecule has 3 aromatic rings. The summed E-state index contributed by atoms with van der Waals surface area (Å²) in [6.07, 6.45) is 0. The fourth-order valence-electron chi connectivity index (χ4n) is 2.66. The highest BCUT2D eigenvalue weighted by Gasteiger charge is 2.20. The van der Waals surface area contributed by atoms with Crippen LogP contribution in [0, 0.1) is 20.8 Å². The summed E-state index contributed by atoms with van der Waals surface area (Å²) < 4.78 is 1.43. The number of benzene rings is 2. The van der Waals surface area contributed by atoms with E-state index in [1.54, 1.807) is 0 Å². The van der Waals surface area contributed by atoms with E-state index in [1.807, 2.05) is 70.2 Å². The summed E-state index contributed by atoms with van der Waals surface area (Å²) in [5, 5.41) is 11.4. The fourth-order valence-corrected chi connectivity index (χ4v) is 3.43.